The summed E-state index contributed by atoms with van der Waals surface area (Å²) >= 11 is 5.95. The molecule has 0 aliphatic carbocycles. The van der Waals surface area contributed by atoms with Gasteiger partial charge in [0.2, 0.25) is 0 Å². The first-order valence-corrected chi connectivity index (χ1v) is 10.2. The fourth-order valence-electron chi connectivity index (χ4n) is 3.27. The van der Waals surface area contributed by atoms with E-state index in [2.05, 4.69) is 14.3 Å². The van der Waals surface area contributed by atoms with E-state index in [1.165, 1.54) is 6.07 Å². The van der Waals surface area contributed by atoms with Crippen LogP contribution >= 0.6 is 11.6 Å². The summed E-state index contributed by atoms with van der Waals surface area (Å²) in [5.74, 6) is 1.11. The van der Waals surface area contributed by atoms with Crippen LogP contribution in [0.5, 0.6) is 0 Å². The van der Waals surface area contributed by atoms with Gasteiger partial charge in [0, 0.05) is 23.7 Å². The van der Waals surface area contributed by atoms with Gasteiger partial charge in [-0.1, -0.05) is 29.8 Å². The number of imidazole rings is 1. The van der Waals surface area contributed by atoms with Crippen LogP contribution < -0.4 is 4.72 Å². The third-order valence-electron chi connectivity index (χ3n) is 4.59. The number of halogens is 1. The fraction of sp³-hybridized carbons (Fsp3) is 0.211. The summed E-state index contributed by atoms with van der Waals surface area (Å²) in [5, 5.41) is 0.390. The molecule has 1 aliphatic heterocycles. The van der Waals surface area contributed by atoms with E-state index in [-0.39, 0.29) is 4.90 Å². The van der Waals surface area contributed by atoms with Crippen LogP contribution in [0.15, 0.2) is 53.6 Å². The van der Waals surface area contributed by atoms with Crippen molar-refractivity contribution in [2.24, 2.45) is 0 Å². The van der Waals surface area contributed by atoms with E-state index in [1.807, 2.05) is 18.3 Å². The third kappa shape index (κ3) is 3.10. The van der Waals surface area contributed by atoms with Gasteiger partial charge in [-0.15, -0.1) is 0 Å². The molecule has 2 aromatic carbocycles. The predicted molar refractivity (Wildman–Crippen MR) is 103 cm³/mol. The number of hydrogen-bond donors (Lipinski definition) is 1. The minimum atomic E-state index is -3.69. The zero-order chi connectivity index (χ0) is 18.3. The molecule has 0 saturated carbocycles. The Morgan fingerprint density at radius 2 is 1.92 bits per heavy atom. The summed E-state index contributed by atoms with van der Waals surface area (Å²) in [6, 6.07) is 12.2. The van der Waals surface area contributed by atoms with Crippen LogP contribution in [0.25, 0.3) is 11.3 Å². The van der Waals surface area contributed by atoms with Gasteiger partial charge in [0.15, 0.2) is 0 Å². The highest BCUT2D eigenvalue weighted by Gasteiger charge is 2.19. The molecule has 1 N–H and O–H groups in total. The molecule has 0 radical (unpaired) electrons. The second kappa shape index (κ2) is 6.45. The molecule has 0 bridgehead atoms. The number of sulfonamides is 1. The Kier molecular flexibility index (Phi) is 4.25. The second-order valence-electron chi connectivity index (χ2n) is 6.41. The molecule has 7 heteroatoms. The quantitative estimate of drug-likeness (QED) is 0.727. The van der Waals surface area contributed by atoms with Crippen LogP contribution in [-0.2, 0) is 23.0 Å². The lowest BCUT2D eigenvalue weighted by molar-refractivity contribution is 0.600. The monoisotopic (exact) mass is 387 g/mol. The molecule has 0 amide bonds. The fourth-order valence-corrected chi connectivity index (χ4v) is 4.84. The number of aromatic nitrogens is 2. The molecule has 0 saturated heterocycles. The van der Waals surface area contributed by atoms with Gasteiger partial charge in [-0.25, -0.2) is 13.4 Å². The lowest BCUT2D eigenvalue weighted by atomic mass is 10.1. The van der Waals surface area contributed by atoms with E-state index < -0.39 is 10.0 Å². The first kappa shape index (κ1) is 17.1. The Morgan fingerprint density at radius 1 is 1.15 bits per heavy atom. The molecule has 0 fully saturated rings. The topological polar surface area (TPSA) is 64.0 Å². The van der Waals surface area contributed by atoms with Crippen molar-refractivity contribution < 1.29 is 8.42 Å². The average molecular weight is 388 g/mol. The van der Waals surface area contributed by atoms with Crippen molar-refractivity contribution in [3.05, 3.63) is 65.1 Å². The van der Waals surface area contributed by atoms with Gasteiger partial charge in [-0.2, -0.15) is 0 Å². The highest BCUT2D eigenvalue weighted by molar-refractivity contribution is 7.92. The molecule has 2 heterocycles. The van der Waals surface area contributed by atoms with Crippen molar-refractivity contribution in [2.75, 3.05) is 4.72 Å². The largest absolute Gasteiger partial charge is 0.328 e. The molecule has 0 unspecified atom stereocenters. The molecule has 0 spiro atoms. The van der Waals surface area contributed by atoms with E-state index in [0.29, 0.717) is 16.3 Å². The first-order chi connectivity index (χ1) is 12.4. The van der Waals surface area contributed by atoms with E-state index in [9.17, 15) is 8.42 Å². The summed E-state index contributed by atoms with van der Waals surface area (Å²) in [6.07, 6.45) is 4.01. The molecule has 26 heavy (non-hydrogen) atoms. The van der Waals surface area contributed by atoms with Gasteiger partial charge >= 0.3 is 0 Å². The zero-order valence-corrected chi connectivity index (χ0v) is 15.8. The number of fused-ring (bicyclic) bond motifs is 1. The summed E-state index contributed by atoms with van der Waals surface area (Å²) in [7, 11) is -3.69. The normalized spacial score (nSPS) is 13.6. The van der Waals surface area contributed by atoms with Gasteiger partial charge in [-0.05, 0) is 48.7 Å². The SMILES string of the molecule is Cc1ccc(Cl)cc1S(=O)(=O)Nc1ccc(-c2cnc3n2CCC3)cc1. The molecular weight excluding hydrogens is 370 g/mol. The van der Waals surface area contributed by atoms with Crippen molar-refractivity contribution in [2.45, 2.75) is 31.2 Å². The van der Waals surface area contributed by atoms with Crippen molar-refractivity contribution in [3.63, 3.8) is 0 Å². The maximum absolute atomic E-state index is 12.7. The first-order valence-electron chi connectivity index (χ1n) is 8.38. The predicted octanol–water partition coefficient (Wildman–Crippen LogP) is 4.26. The Bertz CT molecular complexity index is 1070. The minimum Gasteiger partial charge on any atom is -0.328 e. The van der Waals surface area contributed by atoms with Crippen molar-refractivity contribution in [1.82, 2.24) is 9.55 Å². The molecule has 5 nitrogen and oxygen atoms in total. The van der Waals surface area contributed by atoms with Crippen molar-refractivity contribution >= 4 is 27.3 Å². The number of aryl methyl sites for hydroxylation is 2. The Balaban J connectivity index is 1.60. The summed E-state index contributed by atoms with van der Waals surface area (Å²) in [5.41, 5.74) is 3.24. The maximum atomic E-state index is 12.7. The summed E-state index contributed by atoms with van der Waals surface area (Å²) in [6.45, 7) is 2.72. The number of hydrogen-bond acceptors (Lipinski definition) is 3. The van der Waals surface area contributed by atoms with E-state index in [1.54, 1.807) is 31.2 Å². The maximum Gasteiger partial charge on any atom is 0.262 e. The van der Waals surface area contributed by atoms with Crippen molar-refractivity contribution in [3.8, 4) is 11.3 Å². The van der Waals surface area contributed by atoms with Gasteiger partial charge in [0.1, 0.15) is 5.82 Å². The molecule has 1 aliphatic rings. The van der Waals surface area contributed by atoms with Crippen LogP contribution in [0.4, 0.5) is 5.69 Å². The lowest BCUT2D eigenvalue weighted by Crippen LogP contribution is -2.14. The number of nitrogens with one attached hydrogen (secondary N) is 1. The second-order valence-corrected chi connectivity index (χ2v) is 8.49. The molecule has 0 atom stereocenters. The highest BCUT2D eigenvalue weighted by atomic mass is 35.5. The third-order valence-corrected chi connectivity index (χ3v) is 6.35. The van der Waals surface area contributed by atoms with E-state index >= 15 is 0 Å². The lowest BCUT2D eigenvalue weighted by Gasteiger charge is -2.11. The summed E-state index contributed by atoms with van der Waals surface area (Å²) < 4.78 is 30.2. The highest BCUT2D eigenvalue weighted by Crippen LogP contribution is 2.28. The Hall–Kier alpha value is -2.31. The van der Waals surface area contributed by atoms with Crippen LogP contribution in [0.2, 0.25) is 5.02 Å². The van der Waals surface area contributed by atoms with Crippen LogP contribution in [-0.4, -0.2) is 18.0 Å². The standard InChI is InChI=1S/C19H18ClN3O2S/c1-13-4-7-15(20)11-18(13)26(24,25)22-16-8-5-14(6-9-16)17-12-21-19-3-2-10-23(17)19/h4-9,11-12,22H,2-3,10H2,1H3. The molecule has 3 aromatic rings. The number of rotatable bonds is 4. The van der Waals surface area contributed by atoms with Gasteiger partial charge in [-0.3, -0.25) is 4.72 Å². The van der Waals surface area contributed by atoms with Crippen LogP contribution in [0.3, 0.4) is 0 Å². The smallest absolute Gasteiger partial charge is 0.262 e. The Labute approximate surface area is 157 Å². The van der Waals surface area contributed by atoms with Gasteiger partial charge < -0.3 is 4.57 Å². The van der Waals surface area contributed by atoms with Gasteiger partial charge in [0.05, 0.1) is 16.8 Å². The number of nitrogens with zero attached hydrogens (tertiary/aromatic N) is 2. The molecule has 4 rings (SSSR count). The number of anilines is 1. The molecule has 1 aromatic heterocycles. The zero-order valence-electron chi connectivity index (χ0n) is 14.2. The van der Waals surface area contributed by atoms with E-state index in [4.69, 9.17) is 11.6 Å². The Morgan fingerprint density at radius 3 is 2.69 bits per heavy atom. The van der Waals surface area contributed by atoms with E-state index in [0.717, 1.165) is 36.5 Å². The van der Waals surface area contributed by atoms with Crippen LogP contribution in [0, 0.1) is 6.92 Å². The van der Waals surface area contributed by atoms with Gasteiger partial charge in [0.25, 0.3) is 10.0 Å². The molecular formula is C19H18ClN3O2S. The summed E-state index contributed by atoms with van der Waals surface area (Å²) in [4.78, 5) is 4.63. The average Bonchev–Trinajstić information content (AvgIpc) is 3.21. The van der Waals surface area contributed by atoms with Crippen molar-refractivity contribution in [1.29, 1.82) is 0 Å². The van der Waals surface area contributed by atoms with Crippen LogP contribution in [0.1, 0.15) is 17.8 Å². The number of benzene rings is 2. The molecule has 134 valence electrons. The minimum absolute atomic E-state index is 0.183.